The van der Waals surface area contributed by atoms with Crippen molar-refractivity contribution in [3.8, 4) is 11.5 Å². The molecule has 1 atom stereocenters. The average molecular weight is 397 g/mol. The lowest BCUT2D eigenvalue weighted by Crippen LogP contribution is -2.38. The minimum absolute atomic E-state index is 0.0456. The van der Waals surface area contributed by atoms with E-state index in [2.05, 4.69) is 38.7 Å². The largest absolute Gasteiger partial charge is 0.490 e. The van der Waals surface area contributed by atoms with Gasteiger partial charge in [-0.05, 0) is 24.4 Å². The van der Waals surface area contributed by atoms with Gasteiger partial charge in [-0.3, -0.25) is 4.99 Å². The monoisotopic (exact) mass is 397 g/mol. The summed E-state index contributed by atoms with van der Waals surface area (Å²) in [6.07, 6.45) is 0. The van der Waals surface area contributed by atoms with Crippen LogP contribution in [0, 0.1) is 0 Å². The number of hydrogen-bond acceptors (Lipinski definition) is 4. The van der Waals surface area contributed by atoms with Crippen LogP contribution < -0.4 is 20.1 Å². The lowest BCUT2D eigenvalue weighted by atomic mass is 10.1. The van der Waals surface area contributed by atoms with E-state index in [1.165, 1.54) is 4.88 Å². The molecule has 0 aliphatic heterocycles. The SMILES string of the molecule is CCOc1cccc(CNC(=NC)NCC(C)c2cccs2)c1OC(F)F. The van der Waals surface area contributed by atoms with Gasteiger partial charge in [-0.1, -0.05) is 25.1 Å². The number of hydrogen-bond donors (Lipinski definition) is 2. The third kappa shape index (κ3) is 6.39. The zero-order valence-electron chi connectivity index (χ0n) is 15.7. The molecule has 0 fully saturated rings. The molecule has 2 N–H and O–H groups in total. The summed E-state index contributed by atoms with van der Waals surface area (Å²) < 4.78 is 35.7. The van der Waals surface area contributed by atoms with Gasteiger partial charge < -0.3 is 20.1 Å². The van der Waals surface area contributed by atoms with Crippen molar-refractivity contribution in [2.45, 2.75) is 32.9 Å². The highest BCUT2D eigenvalue weighted by Crippen LogP contribution is 2.32. The number of ether oxygens (including phenoxy) is 2. The van der Waals surface area contributed by atoms with Crippen molar-refractivity contribution in [3.63, 3.8) is 0 Å². The summed E-state index contributed by atoms with van der Waals surface area (Å²) in [7, 11) is 1.67. The van der Waals surface area contributed by atoms with E-state index in [9.17, 15) is 8.78 Å². The van der Waals surface area contributed by atoms with E-state index in [0.717, 1.165) is 0 Å². The van der Waals surface area contributed by atoms with E-state index < -0.39 is 6.61 Å². The first kappa shape index (κ1) is 21.0. The first-order chi connectivity index (χ1) is 13.0. The predicted octanol–water partition coefficient (Wildman–Crippen LogP) is 4.22. The van der Waals surface area contributed by atoms with Gasteiger partial charge in [-0.25, -0.2) is 0 Å². The van der Waals surface area contributed by atoms with Crippen LogP contribution in [-0.2, 0) is 6.54 Å². The minimum Gasteiger partial charge on any atom is -0.490 e. The van der Waals surface area contributed by atoms with Crippen molar-refractivity contribution in [2.24, 2.45) is 4.99 Å². The van der Waals surface area contributed by atoms with Crippen LogP contribution in [0.1, 0.15) is 30.2 Å². The van der Waals surface area contributed by atoms with Crippen LogP contribution >= 0.6 is 11.3 Å². The molecule has 27 heavy (non-hydrogen) atoms. The molecule has 148 valence electrons. The molecule has 1 aromatic carbocycles. The van der Waals surface area contributed by atoms with Crippen LogP contribution in [0.4, 0.5) is 8.78 Å². The standard InChI is InChI=1S/C19H25F2N3O2S/c1-4-25-15-8-5-7-14(17(15)26-18(20)21)12-24-19(22-3)23-11-13(2)16-9-6-10-27-16/h5-10,13,18H,4,11-12H2,1-3H3,(H2,22,23,24). The molecule has 1 unspecified atom stereocenters. The molecule has 2 rings (SSSR count). The van der Waals surface area contributed by atoms with Gasteiger partial charge in [-0.15, -0.1) is 11.3 Å². The van der Waals surface area contributed by atoms with Crippen molar-refractivity contribution in [2.75, 3.05) is 20.2 Å². The van der Waals surface area contributed by atoms with E-state index in [1.807, 2.05) is 6.07 Å². The van der Waals surface area contributed by atoms with Crippen LogP contribution in [0.15, 0.2) is 40.7 Å². The number of aliphatic imine (C=N–C) groups is 1. The lowest BCUT2D eigenvalue weighted by molar-refractivity contribution is -0.0520. The Balaban J connectivity index is 1.99. The van der Waals surface area contributed by atoms with E-state index >= 15 is 0 Å². The van der Waals surface area contributed by atoms with Gasteiger partial charge in [0.15, 0.2) is 17.5 Å². The molecule has 0 amide bonds. The molecule has 5 nitrogen and oxygen atoms in total. The fourth-order valence-electron chi connectivity index (χ4n) is 2.51. The number of halogens is 2. The molecule has 8 heteroatoms. The molecule has 1 aromatic heterocycles. The van der Waals surface area contributed by atoms with Gasteiger partial charge in [-0.2, -0.15) is 8.78 Å². The Morgan fingerprint density at radius 1 is 1.22 bits per heavy atom. The zero-order chi connectivity index (χ0) is 19.6. The number of rotatable bonds is 9. The second kappa shape index (κ2) is 10.7. The normalized spacial score (nSPS) is 12.7. The Morgan fingerprint density at radius 3 is 2.67 bits per heavy atom. The molecular formula is C19H25F2N3O2S. The summed E-state index contributed by atoms with van der Waals surface area (Å²) in [6, 6.07) is 9.20. The predicted molar refractivity (Wildman–Crippen MR) is 105 cm³/mol. The van der Waals surface area contributed by atoms with Crippen molar-refractivity contribution >= 4 is 17.3 Å². The van der Waals surface area contributed by atoms with E-state index in [4.69, 9.17) is 4.74 Å². The van der Waals surface area contributed by atoms with E-state index in [0.29, 0.717) is 36.3 Å². The first-order valence-electron chi connectivity index (χ1n) is 8.72. The first-order valence-corrected chi connectivity index (χ1v) is 9.60. The highest BCUT2D eigenvalue weighted by atomic mass is 32.1. The van der Waals surface area contributed by atoms with Gasteiger partial charge in [0.1, 0.15) is 0 Å². The second-order valence-corrected chi connectivity index (χ2v) is 6.76. The van der Waals surface area contributed by atoms with Crippen molar-refractivity contribution < 1.29 is 18.3 Å². The van der Waals surface area contributed by atoms with Crippen LogP contribution in [0.25, 0.3) is 0 Å². The van der Waals surface area contributed by atoms with Crippen molar-refractivity contribution in [3.05, 3.63) is 46.2 Å². The number of nitrogens with one attached hydrogen (secondary N) is 2. The third-order valence-electron chi connectivity index (χ3n) is 3.84. The maximum Gasteiger partial charge on any atom is 0.387 e. The number of nitrogens with zero attached hydrogens (tertiary/aromatic N) is 1. The summed E-state index contributed by atoms with van der Waals surface area (Å²) in [5.74, 6) is 1.27. The van der Waals surface area contributed by atoms with Crippen LogP contribution in [0.5, 0.6) is 11.5 Å². The summed E-state index contributed by atoms with van der Waals surface area (Å²) in [4.78, 5) is 5.47. The molecule has 0 bridgehead atoms. The molecule has 0 spiro atoms. The van der Waals surface area contributed by atoms with Gasteiger partial charge in [0, 0.05) is 36.5 Å². The molecule has 0 radical (unpaired) electrons. The number of para-hydroxylation sites is 1. The fraction of sp³-hybridized carbons (Fsp3) is 0.421. The fourth-order valence-corrected chi connectivity index (χ4v) is 3.30. The van der Waals surface area contributed by atoms with Crippen molar-refractivity contribution in [1.82, 2.24) is 10.6 Å². The van der Waals surface area contributed by atoms with Crippen molar-refractivity contribution in [1.29, 1.82) is 0 Å². The Kier molecular flexibility index (Phi) is 8.32. The van der Waals surface area contributed by atoms with E-state index in [1.54, 1.807) is 43.5 Å². The molecule has 0 aliphatic carbocycles. The maximum atomic E-state index is 12.8. The highest BCUT2D eigenvalue weighted by Gasteiger charge is 2.16. The van der Waals surface area contributed by atoms with Gasteiger partial charge in [0.05, 0.1) is 6.61 Å². The Bertz CT molecular complexity index is 724. The van der Waals surface area contributed by atoms with Crippen LogP contribution in [-0.4, -0.2) is 32.8 Å². The van der Waals surface area contributed by atoms with Gasteiger partial charge in [0.25, 0.3) is 0 Å². The topological polar surface area (TPSA) is 54.9 Å². The molecular weight excluding hydrogens is 372 g/mol. The summed E-state index contributed by atoms with van der Waals surface area (Å²) in [6.45, 7) is 2.34. The molecule has 0 saturated carbocycles. The average Bonchev–Trinajstić information content (AvgIpc) is 3.18. The summed E-state index contributed by atoms with van der Waals surface area (Å²) in [5.41, 5.74) is 0.565. The number of thiophene rings is 1. The quantitative estimate of drug-likeness (QED) is 0.491. The maximum absolute atomic E-state index is 12.8. The van der Waals surface area contributed by atoms with Gasteiger partial charge >= 0.3 is 6.61 Å². The summed E-state index contributed by atoms with van der Waals surface area (Å²) in [5, 5.41) is 8.43. The Hall–Kier alpha value is -2.35. The zero-order valence-corrected chi connectivity index (χ0v) is 16.5. The summed E-state index contributed by atoms with van der Waals surface area (Å²) >= 11 is 1.71. The molecule has 0 aliphatic rings. The molecule has 2 aromatic rings. The van der Waals surface area contributed by atoms with Gasteiger partial charge in [0.2, 0.25) is 0 Å². The number of guanidine groups is 1. The number of alkyl halides is 2. The second-order valence-electron chi connectivity index (χ2n) is 5.78. The number of benzene rings is 1. The van der Waals surface area contributed by atoms with Crippen LogP contribution in [0.3, 0.4) is 0 Å². The molecule has 0 saturated heterocycles. The third-order valence-corrected chi connectivity index (χ3v) is 4.95. The Morgan fingerprint density at radius 2 is 2.04 bits per heavy atom. The van der Waals surface area contributed by atoms with E-state index in [-0.39, 0.29) is 12.3 Å². The highest BCUT2D eigenvalue weighted by molar-refractivity contribution is 7.10. The Labute approximate surface area is 162 Å². The van der Waals surface area contributed by atoms with Crippen LogP contribution in [0.2, 0.25) is 0 Å². The lowest BCUT2D eigenvalue weighted by Gasteiger charge is -2.18. The molecule has 1 heterocycles. The minimum atomic E-state index is -2.92. The smallest absolute Gasteiger partial charge is 0.387 e.